The van der Waals surface area contributed by atoms with Gasteiger partial charge in [0.05, 0.1) is 12.0 Å². The van der Waals surface area contributed by atoms with Crippen molar-refractivity contribution in [2.24, 2.45) is 5.92 Å². The predicted octanol–water partition coefficient (Wildman–Crippen LogP) is 12.5. The number of ether oxygens (including phenoxy) is 7. The number of anilines is 1. The van der Waals surface area contributed by atoms with E-state index in [2.05, 4.69) is 48.2 Å². The Morgan fingerprint density at radius 1 is 0.606 bits per heavy atom. The molecule has 0 aliphatic carbocycles. The summed E-state index contributed by atoms with van der Waals surface area (Å²) in [5.74, 6) is 2.40. The van der Waals surface area contributed by atoms with Crippen molar-refractivity contribution in [2.75, 3.05) is 11.5 Å². The Hall–Kier alpha value is -11.0. The van der Waals surface area contributed by atoms with Gasteiger partial charge in [0.25, 0.3) is 0 Å². The molecule has 1 aromatic heterocycles. The number of rotatable bonds is 21. The van der Waals surface area contributed by atoms with Crippen molar-refractivity contribution in [1.29, 1.82) is 0 Å². The number of halogens is 1. The Labute approximate surface area is 543 Å². The van der Waals surface area contributed by atoms with Crippen molar-refractivity contribution in [3.05, 3.63) is 275 Å². The van der Waals surface area contributed by atoms with Gasteiger partial charge in [0, 0.05) is 51.4 Å². The molecule has 2 aliphatic heterocycles. The normalized spacial score (nSPS) is 18.6. The fourth-order valence-electron chi connectivity index (χ4n) is 12.4. The van der Waals surface area contributed by atoms with Gasteiger partial charge in [-0.3, -0.25) is 28.8 Å². The molecule has 17 nitrogen and oxygen atoms in total. The molecule has 8 aromatic carbocycles. The zero-order valence-electron chi connectivity index (χ0n) is 52.2. The first-order valence-electron chi connectivity index (χ1n) is 30.7. The summed E-state index contributed by atoms with van der Waals surface area (Å²) < 4.78 is 57.9. The lowest BCUT2D eigenvalue weighted by atomic mass is 9.77. The number of β-lactam (4-membered cyclic amide) rings is 1. The molecule has 0 saturated carbocycles. The average Bonchev–Trinajstić information content (AvgIpc) is 1.59. The van der Waals surface area contributed by atoms with Crippen molar-refractivity contribution < 1.29 is 66.3 Å². The first-order chi connectivity index (χ1) is 45.5. The van der Waals surface area contributed by atoms with E-state index >= 15 is 4.79 Å². The summed E-state index contributed by atoms with van der Waals surface area (Å²) in [6.07, 6.45) is -5.05. The van der Waals surface area contributed by atoms with Gasteiger partial charge in [0.15, 0.2) is 18.3 Å². The maximum absolute atomic E-state index is 15.0. The lowest BCUT2D eigenvalue weighted by Crippen LogP contribution is -2.59. The van der Waals surface area contributed by atoms with Gasteiger partial charge in [-0.1, -0.05) is 170 Å². The molecular formula is C76H67FN4O13. The van der Waals surface area contributed by atoms with Crippen molar-refractivity contribution in [2.45, 2.75) is 102 Å². The van der Waals surface area contributed by atoms with Gasteiger partial charge in [-0.15, -0.1) is 5.10 Å². The van der Waals surface area contributed by atoms with E-state index in [9.17, 15) is 28.4 Å². The van der Waals surface area contributed by atoms with Crippen LogP contribution in [0.5, 0.6) is 5.75 Å². The number of aromatic nitrogens is 3. The summed E-state index contributed by atoms with van der Waals surface area (Å²) in [5.41, 5.74) is 7.11. The van der Waals surface area contributed by atoms with Gasteiger partial charge in [0.1, 0.15) is 55.0 Å². The zero-order chi connectivity index (χ0) is 65.9. The lowest BCUT2D eigenvalue weighted by molar-refractivity contribution is -0.254. The molecule has 1 amide bonds. The van der Waals surface area contributed by atoms with Gasteiger partial charge in [-0.05, 0) is 112 Å². The van der Waals surface area contributed by atoms with E-state index in [1.54, 1.807) is 35.5 Å². The van der Waals surface area contributed by atoms with Crippen LogP contribution in [0.1, 0.15) is 116 Å². The smallest absolute Gasteiger partial charge is 0.303 e. The first-order valence-corrected chi connectivity index (χ1v) is 30.7. The maximum atomic E-state index is 15.0. The Morgan fingerprint density at radius 3 is 1.79 bits per heavy atom. The Morgan fingerprint density at radius 2 is 1.19 bits per heavy atom. The van der Waals surface area contributed by atoms with Crippen molar-refractivity contribution in [1.82, 2.24) is 14.8 Å². The van der Waals surface area contributed by atoms with Crippen LogP contribution < -0.4 is 9.64 Å². The second-order valence-electron chi connectivity index (χ2n) is 22.9. The summed E-state index contributed by atoms with van der Waals surface area (Å²) in [6.45, 7) is 5.75. The first kappa shape index (κ1) is 64.5. The minimum Gasteiger partial charge on any atom is -0.489 e. The highest BCUT2D eigenvalue weighted by molar-refractivity contribution is 6.03. The molecule has 2 saturated heterocycles. The van der Waals surface area contributed by atoms with Crippen LogP contribution in [0.25, 0.3) is 11.1 Å². The topological polar surface area (TPSA) is 201 Å². The molecule has 0 N–H and O–H groups in total. The molecule has 11 rings (SSSR count). The van der Waals surface area contributed by atoms with Crippen molar-refractivity contribution in [3.63, 3.8) is 0 Å². The molecule has 476 valence electrons. The second kappa shape index (κ2) is 29.1. The summed E-state index contributed by atoms with van der Waals surface area (Å²) in [5, 5.41) is 5.03. The Kier molecular flexibility index (Phi) is 19.9. The molecule has 0 spiro atoms. The quantitative estimate of drug-likeness (QED) is 0.0216. The van der Waals surface area contributed by atoms with E-state index in [4.69, 9.17) is 43.2 Å². The molecule has 2 fully saturated rings. The third-order valence-electron chi connectivity index (χ3n) is 16.5. The van der Waals surface area contributed by atoms with Crippen LogP contribution in [0.3, 0.4) is 0 Å². The van der Waals surface area contributed by atoms with E-state index in [-0.39, 0.29) is 25.4 Å². The number of hydrogen-bond donors (Lipinski definition) is 0. The highest BCUT2D eigenvalue weighted by Gasteiger charge is 2.53. The van der Waals surface area contributed by atoms with Crippen LogP contribution in [0.2, 0.25) is 0 Å². The van der Waals surface area contributed by atoms with Gasteiger partial charge >= 0.3 is 29.8 Å². The molecule has 0 radical (unpaired) electrons. The third kappa shape index (κ3) is 14.5. The minimum absolute atomic E-state index is 0.138. The van der Waals surface area contributed by atoms with E-state index in [0.717, 1.165) is 36.1 Å². The van der Waals surface area contributed by atoms with Crippen LogP contribution in [-0.2, 0) is 69.3 Å². The van der Waals surface area contributed by atoms with Crippen LogP contribution in [-0.4, -0.2) is 81.5 Å². The zero-order valence-corrected chi connectivity index (χ0v) is 52.2. The second-order valence-corrected chi connectivity index (χ2v) is 22.9. The molecule has 94 heavy (non-hydrogen) atoms. The van der Waals surface area contributed by atoms with E-state index < -0.39 is 96.4 Å². The summed E-state index contributed by atoms with van der Waals surface area (Å²) in [6, 6.07) is 65.3. The number of hydrogen-bond acceptors (Lipinski definition) is 15. The van der Waals surface area contributed by atoms with Crippen LogP contribution in [0.15, 0.2) is 219 Å². The molecule has 1 unspecified atom stereocenters. The van der Waals surface area contributed by atoms with Crippen LogP contribution >= 0.6 is 0 Å². The Bertz CT molecular complexity index is 4140. The summed E-state index contributed by atoms with van der Waals surface area (Å²) in [4.78, 5) is 84.3. The number of carbonyl (C=O) groups is 6. The predicted molar refractivity (Wildman–Crippen MR) is 344 cm³/mol. The molecule has 2 aliphatic rings. The molecule has 9 aromatic rings. The molecule has 3 heterocycles. The highest BCUT2D eigenvalue weighted by Crippen LogP contribution is 2.50. The number of benzene rings is 8. The standard InChI is InChI=1S/C76H67FN4O13/c1-48(82)88-46-68-72(91-50(3)84)74(93-52(5)86)73(92-51(4)85)71(94-68)58-22-18-21-56(43-58)57-34-39-64(67(44-57)89-45-54-19-10-6-11-20-54)70-65(40-41-66(90-49(2)83)55-32-35-62(77)36-33-55)75(87)81(70)63-37-29-53(30-38-63)31-42-69-78-47-80(79-69)76(59-23-12-7-13-24-59,60-25-14-8-15-26-60)61-27-16-9-17-28-61/h6-30,32-39,43-44,47,65-66,68,70-74H,40-41,45-46H2,1-5H3/t65-,66+,68-,70-,71?,72-,73+,74+/m1/s1. The maximum Gasteiger partial charge on any atom is 0.303 e. The number of amides is 1. The van der Waals surface area contributed by atoms with Gasteiger partial charge in [0.2, 0.25) is 11.7 Å². The van der Waals surface area contributed by atoms with Gasteiger partial charge < -0.3 is 38.1 Å². The minimum atomic E-state index is -1.39. The van der Waals surface area contributed by atoms with E-state index in [0.29, 0.717) is 50.6 Å². The van der Waals surface area contributed by atoms with Crippen molar-refractivity contribution >= 4 is 41.4 Å². The summed E-state index contributed by atoms with van der Waals surface area (Å²) >= 11 is 0. The molecular weight excluding hydrogens is 1200 g/mol. The SMILES string of the molecule is CC(=O)OC[C@H]1OC(c2cccc(-c3ccc([C@@H]4[C@@H](CC[C@H](OC(C)=O)c5ccc(F)cc5)C(=O)N4c4ccc(C#Cc5ncn(C(c6ccccc6)(c6ccccc6)c6ccccc6)n5)cc4)c(OCc4ccccc4)c3)c2)[C@H](OC(C)=O)[C@@H](OC(C)=O)[C@@H]1OC(C)=O. The van der Waals surface area contributed by atoms with E-state index in [1.807, 2.05) is 144 Å². The van der Waals surface area contributed by atoms with Gasteiger partial charge in [-0.2, -0.15) is 0 Å². The molecule has 18 heteroatoms. The third-order valence-corrected chi connectivity index (χ3v) is 16.5. The monoisotopic (exact) mass is 1260 g/mol. The highest BCUT2D eigenvalue weighted by atomic mass is 19.1. The molecule has 8 atom stereocenters. The fraction of sp³-hybridized carbons (Fsp3) is 0.237. The number of nitrogens with zero attached hydrogens (tertiary/aromatic N) is 4. The van der Waals surface area contributed by atoms with Crippen LogP contribution in [0.4, 0.5) is 10.1 Å². The lowest BCUT2D eigenvalue weighted by Gasteiger charge is -2.48. The van der Waals surface area contributed by atoms with Crippen LogP contribution in [0, 0.1) is 23.6 Å². The van der Waals surface area contributed by atoms with E-state index in [1.165, 1.54) is 32.9 Å². The average molecular weight is 1260 g/mol. The Balaban J connectivity index is 0.959. The van der Waals surface area contributed by atoms with Crippen molar-refractivity contribution in [3.8, 4) is 28.7 Å². The largest absolute Gasteiger partial charge is 0.489 e. The molecule has 0 bridgehead atoms. The number of carbonyl (C=O) groups excluding carboxylic acids is 6. The fourth-order valence-corrected chi connectivity index (χ4v) is 12.4. The summed E-state index contributed by atoms with van der Waals surface area (Å²) in [7, 11) is 0. The number of esters is 5. The van der Waals surface area contributed by atoms with Gasteiger partial charge in [-0.25, -0.2) is 14.1 Å².